The molecule has 2 spiro atoms. The van der Waals surface area contributed by atoms with Gasteiger partial charge in [0.05, 0.1) is 18.9 Å². The zero-order valence-corrected chi connectivity index (χ0v) is 10.4. The number of allylic oxidation sites excluding steroid dienone is 1. The predicted octanol–water partition coefficient (Wildman–Crippen LogP) is 2.66. The van der Waals surface area contributed by atoms with Crippen LogP contribution in [0.15, 0.2) is 24.4 Å². The minimum atomic E-state index is -0.281. The lowest BCUT2D eigenvalue weighted by Gasteiger charge is -2.40. The summed E-state index contributed by atoms with van der Waals surface area (Å²) in [4.78, 5) is 4.61. The Bertz CT molecular complexity index is 493. The zero-order chi connectivity index (χ0) is 12.1. The maximum atomic E-state index is 5.81. The average Bonchev–Trinajstić information content (AvgIpc) is 3.01. The van der Waals surface area contributed by atoms with E-state index < -0.39 is 0 Å². The molecule has 0 radical (unpaired) electrons. The van der Waals surface area contributed by atoms with Gasteiger partial charge in [0.25, 0.3) is 0 Å². The van der Waals surface area contributed by atoms with Crippen molar-refractivity contribution in [2.24, 2.45) is 0 Å². The standard InChI is InChI=1S/C15H17NO2/c1-2-12-3-4-14(13(12)16-9-1)5-7-15(8-6-14)17-10-11-18-15/h1-4,9H,5-8,10-11H2. The molecule has 2 fully saturated rings. The Hall–Kier alpha value is -1.19. The number of rotatable bonds is 0. The summed E-state index contributed by atoms with van der Waals surface area (Å²) < 4.78 is 11.6. The van der Waals surface area contributed by atoms with Crippen molar-refractivity contribution in [1.29, 1.82) is 0 Å². The molecule has 1 saturated carbocycles. The SMILES string of the molecule is C1=CC2(CCC3(CC2)OCCO3)c2ncccc21. The van der Waals surface area contributed by atoms with Crippen LogP contribution in [-0.2, 0) is 14.9 Å². The molecule has 94 valence electrons. The summed E-state index contributed by atoms with van der Waals surface area (Å²) in [6, 6.07) is 4.16. The molecule has 4 rings (SSSR count). The van der Waals surface area contributed by atoms with Crippen LogP contribution in [-0.4, -0.2) is 24.0 Å². The third-order valence-corrected chi connectivity index (χ3v) is 4.61. The van der Waals surface area contributed by atoms with Gasteiger partial charge in [0.15, 0.2) is 5.79 Å². The van der Waals surface area contributed by atoms with Crippen LogP contribution in [0.1, 0.15) is 36.9 Å². The first-order valence-corrected chi connectivity index (χ1v) is 6.75. The van der Waals surface area contributed by atoms with Crippen molar-refractivity contribution in [3.05, 3.63) is 35.7 Å². The Morgan fingerprint density at radius 3 is 2.61 bits per heavy atom. The molecule has 0 bridgehead atoms. The van der Waals surface area contributed by atoms with Crippen LogP contribution in [0.5, 0.6) is 0 Å². The van der Waals surface area contributed by atoms with Gasteiger partial charge in [-0.3, -0.25) is 4.98 Å². The highest BCUT2D eigenvalue weighted by molar-refractivity contribution is 5.63. The molecule has 3 nitrogen and oxygen atoms in total. The van der Waals surface area contributed by atoms with E-state index >= 15 is 0 Å². The van der Waals surface area contributed by atoms with Crippen molar-refractivity contribution in [3.63, 3.8) is 0 Å². The average molecular weight is 243 g/mol. The maximum absolute atomic E-state index is 5.81. The summed E-state index contributed by atoms with van der Waals surface area (Å²) in [6.45, 7) is 1.50. The zero-order valence-electron chi connectivity index (χ0n) is 10.4. The number of aromatic nitrogens is 1. The Kier molecular flexibility index (Phi) is 2.17. The molecule has 0 amide bonds. The predicted molar refractivity (Wildman–Crippen MR) is 68.1 cm³/mol. The molecule has 0 unspecified atom stereocenters. The van der Waals surface area contributed by atoms with E-state index in [4.69, 9.17) is 9.47 Å². The smallest absolute Gasteiger partial charge is 0.168 e. The lowest BCUT2D eigenvalue weighted by molar-refractivity contribution is -0.182. The van der Waals surface area contributed by atoms with E-state index in [0.717, 1.165) is 38.9 Å². The first-order chi connectivity index (χ1) is 8.82. The van der Waals surface area contributed by atoms with E-state index in [1.165, 1.54) is 11.3 Å². The van der Waals surface area contributed by atoms with E-state index in [2.05, 4.69) is 23.2 Å². The highest BCUT2D eigenvalue weighted by Crippen LogP contribution is 2.49. The van der Waals surface area contributed by atoms with Crippen molar-refractivity contribution in [1.82, 2.24) is 4.98 Å². The van der Waals surface area contributed by atoms with Gasteiger partial charge in [0.2, 0.25) is 0 Å². The summed E-state index contributed by atoms with van der Waals surface area (Å²) in [5, 5.41) is 0. The normalized spacial score (nSPS) is 26.9. The molecular formula is C15H17NO2. The summed E-state index contributed by atoms with van der Waals surface area (Å²) in [7, 11) is 0. The number of pyridine rings is 1. The monoisotopic (exact) mass is 243 g/mol. The van der Waals surface area contributed by atoms with Crippen LogP contribution in [0, 0.1) is 0 Å². The fourth-order valence-corrected chi connectivity index (χ4v) is 3.56. The van der Waals surface area contributed by atoms with Crippen LogP contribution >= 0.6 is 0 Å². The summed E-state index contributed by atoms with van der Waals surface area (Å²) in [5.41, 5.74) is 2.66. The highest BCUT2D eigenvalue weighted by atomic mass is 16.7. The van der Waals surface area contributed by atoms with Gasteiger partial charge in [-0.2, -0.15) is 0 Å². The van der Waals surface area contributed by atoms with Gasteiger partial charge in [0.1, 0.15) is 0 Å². The van der Waals surface area contributed by atoms with Gasteiger partial charge in [-0.05, 0) is 24.5 Å². The molecule has 0 aromatic carbocycles. The van der Waals surface area contributed by atoms with Gasteiger partial charge in [-0.15, -0.1) is 0 Å². The summed E-state index contributed by atoms with van der Waals surface area (Å²) >= 11 is 0. The molecule has 0 N–H and O–H groups in total. The summed E-state index contributed by atoms with van der Waals surface area (Å²) in [5.74, 6) is -0.281. The van der Waals surface area contributed by atoms with Crippen LogP contribution < -0.4 is 0 Å². The highest BCUT2D eigenvalue weighted by Gasteiger charge is 2.48. The molecule has 3 heteroatoms. The number of ether oxygens (including phenoxy) is 2. The van der Waals surface area contributed by atoms with E-state index in [1.54, 1.807) is 0 Å². The van der Waals surface area contributed by atoms with Crippen LogP contribution in [0.25, 0.3) is 6.08 Å². The molecular weight excluding hydrogens is 226 g/mol. The van der Waals surface area contributed by atoms with Crippen molar-refractivity contribution >= 4 is 6.08 Å². The van der Waals surface area contributed by atoms with Crippen molar-refractivity contribution in [2.75, 3.05) is 13.2 Å². The Morgan fingerprint density at radius 2 is 1.83 bits per heavy atom. The third kappa shape index (κ3) is 1.41. The second-order valence-corrected chi connectivity index (χ2v) is 5.54. The fourth-order valence-electron chi connectivity index (χ4n) is 3.56. The second kappa shape index (κ2) is 3.65. The van der Waals surface area contributed by atoms with E-state index in [1.807, 2.05) is 12.3 Å². The lowest BCUT2D eigenvalue weighted by Crippen LogP contribution is -2.41. The third-order valence-electron chi connectivity index (χ3n) is 4.61. The first kappa shape index (κ1) is 10.7. The van der Waals surface area contributed by atoms with Crippen LogP contribution in [0.2, 0.25) is 0 Å². The van der Waals surface area contributed by atoms with Gasteiger partial charge < -0.3 is 9.47 Å². The van der Waals surface area contributed by atoms with Crippen molar-refractivity contribution in [2.45, 2.75) is 36.9 Å². The number of hydrogen-bond donors (Lipinski definition) is 0. The van der Waals surface area contributed by atoms with Gasteiger partial charge in [0, 0.05) is 24.5 Å². The molecule has 1 aromatic heterocycles. The minimum Gasteiger partial charge on any atom is -0.348 e. The molecule has 1 aliphatic heterocycles. The van der Waals surface area contributed by atoms with E-state index in [9.17, 15) is 0 Å². The van der Waals surface area contributed by atoms with Crippen LogP contribution in [0.3, 0.4) is 0 Å². The van der Waals surface area contributed by atoms with Crippen molar-refractivity contribution in [3.8, 4) is 0 Å². The van der Waals surface area contributed by atoms with Crippen molar-refractivity contribution < 1.29 is 9.47 Å². The van der Waals surface area contributed by atoms with E-state index in [-0.39, 0.29) is 11.2 Å². The molecule has 0 atom stereocenters. The Balaban J connectivity index is 1.63. The molecule has 18 heavy (non-hydrogen) atoms. The minimum absolute atomic E-state index is 0.136. The largest absolute Gasteiger partial charge is 0.348 e. The molecule has 1 saturated heterocycles. The molecule has 2 aliphatic carbocycles. The first-order valence-electron chi connectivity index (χ1n) is 6.75. The fraction of sp³-hybridized carbons (Fsp3) is 0.533. The second-order valence-electron chi connectivity index (χ2n) is 5.54. The lowest BCUT2D eigenvalue weighted by atomic mass is 9.71. The number of nitrogens with zero attached hydrogens (tertiary/aromatic N) is 1. The van der Waals surface area contributed by atoms with Gasteiger partial charge in [-0.25, -0.2) is 0 Å². The van der Waals surface area contributed by atoms with Crippen LogP contribution in [0.4, 0.5) is 0 Å². The number of fused-ring (bicyclic) bond motifs is 2. The molecule has 3 aliphatic rings. The Morgan fingerprint density at radius 1 is 1.06 bits per heavy atom. The number of hydrogen-bond acceptors (Lipinski definition) is 3. The molecule has 1 aromatic rings. The van der Waals surface area contributed by atoms with E-state index in [0.29, 0.717) is 0 Å². The van der Waals surface area contributed by atoms with Gasteiger partial charge >= 0.3 is 0 Å². The topological polar surface area (TPSA) is 31.4 Å². The quantitative estimate of drug-likeness (QED) is 0.702. The molecule has 2 heterocycles. The Labute approximate surface area is 107 Å². The maximum Gasteiger partial charge on any atom is 0.168 e. The summed E-state index contributed by atoms with van der Waals surface area (Å²) in [6.07, 6.45) is 10.6. The van der Waals surface area contributed by atoms with Gasteiger partial charge in [-0.1, -0.05) is 18.2 Å².